The number of amidine groups is 1. The molecular weight excluding hydrogens is 178 g/mol. The third-order valence-electron chi connectivity index (χ3n) is 2.23. The highest BCUT2D eigenvalue weighted by molar-refractivity contribution is 5.99. The highest BCUT2D eigenvalue weighted by atomic mass is 16.3. The number of nitroso groups, excluding NO2 is 1. The summed E-state index contributed by atoms with van der Waals surface area (Å²) in [6, 6.07) is 7.91. The van der Waals surface area contributed by atoms with Crippen molar-refractivity contribution in [2.45, 2.75) is 6.92 Å². The average molecular weight is 189 g/mol. The molecule has 0 aliphatic carbocycles. The Kier molecular flexibility index (Phi) is 2.26. The Morgan fingerprint density at radius 2 is 2.07 bits per heavy atom. The molecule has 1 aromatic carbocycles. The van der Waals surface area contributed by atoms with Gasteiger partial charge in [0.1, 0.15) is 0 Å². The average Bonchev–Trinajstić information content (AvgIpc) is 2.67. The first-order chi connectivity index (χ1) is 6.81. The van der Waals surface area contributed by atoms with E-state index in [2.05, 4.69) is 10.3 Å². The summed E-state index contributed by atoms with van der Waals surface area (Å²) in [5.41, 5.74) is 2.14. The molecule has 1 heterocycles. The number of benzene rings is 1. The number of hydrogen-bond donors (Lipinski definition) is 0. The fourth-order valence-electron chi connectivity index (χ4n) is 1.46. The van der Waals surface area contributed by atoms with Gasteiger partial charge in [-0.05, 0) is 6.92 Å². The molecule has 0 amide bonds. The molecule has 1 aromatic rings. The molecule has 1 aliphatic heterocycles. The van der Waals surface area contributed by atoms with Gasteiger partial charge in [0.05, 0.1) is 18.4 Å². The van der Waals surface area contributed by atoms with Crippen LogP contribution < -0.4 is 0 Å². The van der Waals surface area contributed by atoms with E-state index in [1.807, 2.05) is 31.2 Å². The molecule has 0 saturated carbocycles. The van der Waals surface area contributed by atoms with E-state index in [0.717, 1.165) is 5.56 Å². The van der Waals surface area contributed by atoms with Crippen molar-refractivity contribution in [2.24, 2.45) is 10.3 Å². The van der Waals surface area contributed by atoms with Crippen LogP contribution in [0.3, 0.4) is 0 Å². The van der Waals surface area contributed by atoms with Crippen molar-refractivity contribution in [3.8, 4) is 0 Å². The van der Waals surface area contributed by atoms with E-state index in [1.165, 1.54) is 10.6 Å². The molecule has 0 spiro atoms. The van der Waals surface area contributed by atoms with Gasteiger partial charge in [-0.15, -0.1) is 4.91 Å². The summed E-state index contributed by atoms with van der Waals surface area (Å²) in [6.07, 6.45) is 0. The second-order valence-corrected chi connectivity index (χ2v) is 3.28. The number of nitrogens with zero attached hydrogens (tertiary/aromatic N) is 3. The van der Waals surface area contributed by atoms with Gasteiger partial charge in [0.2, 0.25) is 0 Å². The Hall–Kier alpha value is -1.71. The van der Waals surface area contributed by atoms with Crippen molar-refractivity contribution in [1.29, 1.82) is 0 Å². The SMILES string of the molecule is Cc1ccc(C2=NCCN2N=O)cc1. The zero-order valence-corrected chi connectivity index (χ0v) is 7.97. The van der Waals surface area contributed by atoms with Crippen LogP contribution in [-0.2, 0) is 0 Å². The Labute approximate surface area is 82.2 Å². The van der Waals surface area contributed by atoms with Crippen LogP contribution in [0.25, 0.3) is 0 Å². The summed E-state index contributed by atoms with van der Waals surface area (Å²) in [6.45, 7) is 3.26. The topological polar surface area (TPSA) is 45.0 Å². The highest BCUT2D eigenvalue weighted by Gasteiger charge is 2.18. The first kappa shape index (κ1) is 8.87. The predicted molar refractivity (Wildman–Crippen MR) is 55.1 cm³/mol. The first-order valence-electron chi connectivity index (χ1n) is 4.53. The summed E-state index contributed by atoms with van der Waals surface area (Å²) in [5.74, 6) is 0.681. The number of hydrogen-bond acceptors (Lipinski definition) is 3. The minimum Gasteiger partial charge on any atom is -0.264 e. The van der Waals surface area contributed by atoms with Crippen molar-refractivity contribution in [3.63, 3.8) is 0 Å². The van der Waals surface area contributed by atoms with Crippen molar-refractivity contribution in [3.05, 3.63) is 40.3 Å². The molecule has 2 rings (SSSR count). The van der Waals surface area contributed by atoms with Gasteiger partial charge in [-0.1, -0.05) is 29.8 Å². The van der Waals surface area contributed by atoms with E-state index < -0.39 is 0 Å². The number of aliphatic imine (C=N–C) groups is 1. The smallest absolute Gasteiger partial charge is 0.154 e. The second-order valence-electron chi connectivity index (χ2n) is 3.28. The van der Waals surface area contributed by atoms with Crippen molar-refractivity contribution in [2.75, 3.05) is 13.1 Å². The van der Waals surface area contributed by atoms with Crippen LogP contribution >= 0.6 is 0 Å². The Morgan fingerprint density at radius 1 is 1.36 bits per heavy atom. The lowest BCUT2D eigenvalue weighted by Crippen LogP contribution is -2.21. The molecule has 4 nitrogen and oxygen atoms in total. The normalized spacial score (nSPS) is 15.5. The van der Waals surface area contributed by atoms with Crippen molar-refractivity contribution >= 4 is 5.84 Å². The van der Waals surface area contributed by atoms with Gasteiger partial charge in [0.25, 0.3) is 0 Å². The largest absolute Gasteiger partial charge is 0.264 e. The monoisotopic (exact) mass is 189 g/mol. The summed E-state index contributed by atoms with van der Waals surface area (Å²) < 4.78 is 0. The molecule has 1 aliphatic rings. The lowest BCUT2D eigenvalue weighted by Gasteiger charge is -2.09. The third-order valence-corrected chi connectivity index (χ3v) is 2.23. The van der Waals surface area contributed by atoms with Crippen LogP contribution in [0.1, 0.15) is 11.1 Å². The lowest BCUT2D eigenvalue weighted by atomic mass is 10.1. The van der Waals surface area contributed by atoms with E-state index in [4.69, 9.17) is 0 Å². The van der Waals surface area contributed by atoms with Gasteiger partial charge in [-0.2, -0.15) is 0 Å². The van der Waals surface area contributed by atoms with Crippen molar-refractivity contribution in [1.82, 2.24) is 5.01 Å². The van der Waals surface area contributed by atoms with Gasteiger partial charge in [0.15, 0.2) is 5.84 Å². The van der Waals surface area contributed by atoms with Crippen LogP contribution in [0.4, 0.5) is 0 Å². The minimum absolute atomic E-state index is 0.590. The summed E-state index contributed by atoms with van der Waals surface area (Å²) in [4.78, 5) is 14.7. The minimum atomic E-state index is 0.590. The van der Waals surface area contributed by atoms with Gasteiger partial charge in [0, 0.05) is 5.56 Å². The molecule has 0 radical (unpaired) electrons. The second kappa shape index (κ2) is 3.57. The van der Waals surface area contributed by atoms with Crippen molar-refractivity contribution < 1.29 is 0 Å². The fraction of sp³-hybridized carbons (Fsp3) is 0.300. The molecule has 0 unspecified atom stereocenters. The molecular formula is C10H11N3O. The van der Waals surface area contributed by atoms with E-state index in [-0.39, 0.29) is 0 Å². The van der Waals surface area contributed by atoms with Crippen LogP contribution in [0.15, 0.2) is 34.5 Å². The predicted octanol–water partition coefficient (Wildman–Crippen LogP) is 1.74. The quantitative estimate of drug-likeness (QED) is 0.665. The summed E-state index contributed by atoms with van der Waals surface area (Å²) in [5, 5.41) is 4.31. The Bertz CT molecular complexity index is 369. The molecule has 0 aromatic heterocycles. The summed E-state index contributed by atoms with van der Waals surface area (Å²) in [7, 11) is 0. The number of aryl methyl sites for hydroxylation is 1. The van der Waals surface area contributed by atoms with Crippen LogP contribution in [0.5, 0.6) is 0 Å². The molecule has 0 fully saturated rings. The Balaban J connectivity index is 2.30. The zero-order valence-electron chi connectivity index (χ0n) is 7.97. The van der Waals surface area contributed by atoms with Crippen LogP contribution in [0.2, 0.25) is 0 Å². The third kappa shape index (κ3) is 1.51. The number of rotatable bonds is 2. The maximum Gasteiger partial charge on any atom is 0.154 e. The zero-order chi connectivity index (χ0) is 9.97. The maximum atomic E-state index is 10.5. The van der Waals surface area contributed by atoms with E-state index in [1.54, 1.807) is 0 Å². The van der Waals surface area contributed by atoms with Gasteiger partial charge < -0.3 is 0 Å². The fourth-order valence-corrected chi connectivity index (χ4v) is 1.46. The van der Waals surface area contributed by atoms with Crippen LogP contribution in [0, 0.1) is 11.8 Å². The molecule has 72 valence electrons. The molecule has 14 heavy (non-hydrogen) atoms. The van der Waals surface area contributed by atoms with Crippen LogP contribution in [-0.4, -0.2) is 23.9 Å². The highest BCUT2D eigenvalue weighted by Crippen LogP contribution is 2.12. The first-order valence-corrected chi connectivity index (χ1v) is 4.53. The molecule has 4 heteroatoms. The standard InChI is InChI=1S/C10H11N3O/c1-8-2-4-9(5-3-8)10-11-6-7-13(10)12-14/h2-5H,6-7H2,1H3. The lowest BCUT2D eigenvalue weighted by molar-refractivity contribution is 0.483. The molecule has 0 saturated heterocycles. The van der Waals surface area contributed by atoms with E-state index in [9.17, 15) is 4.91 Å². The van der Waals surface area contributed by atoms with Gasteiger partial charge >= 0.3 is 0 Å². The summed E-state index contributed by atoms with van der Waals surface area (Å²) >= 11 is 0. The van der Waals surface area contributed by atoms with Gasteiger partial charge in [-0.25, -0.2) is 5.01 Å². The Morgan fingerprint density at radius 3 is 2.71 bits per heavy atom. The molecule has 0 N–H and O–H groups in total. The molecule has 0 bridgehead atoms. The maximum absolute atomic E-state index is 10.5. The molecule has 0 atom stereocenters. The van der Waals surface area contributed by atoms with E-state index >= 15 is 0 Å². The van der Waals surface area contributed by atoms with Gasteiger partial charge in [-0.3, -0.25) is 4.99 Å². The van der Waals surface area contributed by atoms with E-state index in [0.29, 0.717) is 18.9 Å².